The van der Waals surface area contributed by atoms with Crippen LogP contribution >= 0.6 is 0 Å². The number of aryl methyl sites for hydroxylation is 1. The number of hydrogen-bond acceptors (Lipinski definition) is 1. The highest BCUT2D eigenvalue weighted by Gasteiger charge is 2.01. The summed E-state index contributed by atoms with van der Waals surface area (Å²) in [5.41, 5.74) is 1.25. The second-order valence-corrected chi connectivity index (χ2v) is 3.09. The highest BCUT2D eigenvalue weighted by Crippen LogP contribution is 2.06. The van der Waals surface area contributed by atoms with Gasteiger partial charge in [-0.2, -0.15) is 0 Å². The molecule has 0 fully saturated rings. The molecule has 1 rings (SSSR count). The van der Waals surface area contributed by atoms with Crippen molar-refractivity contribution in [3.63, 3.8) is 0 Å². The van der Waals surface area contributed by atoms with Gasteiger partial charge in [-0.3, -0.25) is 0 Å². The van der Waals surface area contributed by atoms with Crippen molar-refractivity contribution in [1.82, 2.24) is 0 Å². The van der Waals surface area contributed by atoms with Crippen molar-refractivity contribution >= 4 is 0 Å². The molecule has 0 saturated carbocycles. The average Bonchev–Trinajstić information content (AvgIpc) is 2.17. The van der Waals surface area contributed by atoms with Gasteiger partial charge < -0.3 is 5.11 Å². The number of aliphatic hydroxyl groups excluding tert-OH is 1. The quantitative estimate of drug-likeness (QED) is 0.692. The second kappa shape index (κ2) is 5.40. The molecule has 0 amide bonds. The van der Waals surface area contributed by atoms with E-state index in [-0.39, 0.29) is 6.10 Å². The molecule has 0 spiro atoms. The van der Waals surface area contributed by atoms with Crippen molar-refractivity contribution in [3.8, 4) is 12.3 Å². The molecule has 1 aromatic rings. The Morgan fingerprint density at radius 1 is 1.31 bits per heavy atom. The molecular formula is C12H14O. The zero-order valence-electron chi connectivity index (χ0n) is 7.61. The third kappa shape index (κ3) is 3.78. The van der Waals surface area contributed by atoms with Crippen LogP contribution in [-0.4, -0.2) is 11.2 Å². The van der Waals surface area contributed by atoms with E-state index >= 15 is 0 Å². The maximum atomic E-state index is 9.37. The fraction of sp³-hybridized carbons (Fsp3) is 0.333. The monoisotopic (exact) mass is 174 g/mol. The molecule has 68 valence electrons. The van der Waals surface area contributed by atoms with Crippen LogP contribution in [0.4, 0.5) is 0 Å². The number of aliphatic hydroxyl groups is 1. The molecule has 1 N–H and O–H groups in total. The first-order valence-electron chi connectivity index (χ1n) is 4.48. The summed E-state index contributed by atoms with van der Waals surface area (Å²) in [5, 5.41) is 9.37. The predicted octanol–water partition coefficient (Wildman–Crippen LogP) is 2.00. The number of benzene rings is 1. The fourth-order valence-corrected chi connectivity index (χ4v) is 1.22. The zero-order valence-corrected chi connectivity index (χ0v) is 7.61. The van der Waals surface area contributed by atoms with Gasteiger partial charge in [0, 0.05) is 6.42 Å². The molecule has 13 heavy (non-hydrogen) atoms. The highest BCUT2D eigenvalue weighted by atomic mass is 16.3. The molecule has 1 nitrogen and oxygen atoms in total. The van der Waals surface area contributed by atoms with Crippen LogP contribution in [0.25, 0.3) is 0 Å². The zero-order chi connectivity index (χ0) is 9.52. The van der Waals surface area contributed by atoms with Crippen LogP contribution in [0.15, 0.2) is 30.3 Å². The van der Waals surface area contributed by atoms with Crippen molar-refractivity contribution in [2.24, 2.45) is 0 Å². The third-order valence-electron chi connectivity index (χ3n) is 1.96. The standard InChI is InChI=1S/C12H14O/c1-2-6-12(13)10-9-11-7-4-3-5-8-11/h1,3-5,7-8,12-13H,6,9-10H2/t12-/m0/s1. The summed E-state index contributed by atoms with van der Waals surface area (Å²) in [6, 6.07) is 10.1. The van der Waals surface area contributed by atoms with Crippen molar-refractivity contribution < 1.29 is 5.11 Å². The molecule has 1 atom stereocenters. The van der Waals surface area contributed by atoms with Gasteiger partial charge in [0.25, 0.3) is 0 Å². The lowest BCUT2D eigenvalue weighted by Crippen LogP contribution is -2.06. The topological polar surface area (TPSA) is 20.2 Å². The smallest absolute Gasteiger partial charge is 0.0652 e. The van der Waals surface area contributed by atoms with Crippen LogP contribution < -0.4 is 0 Å². The van der Waals surface area contributed by atoms with Gasteiger partial charge in [-0.15, -0.1) is 12.3 Å². The molecule has 1 heteroatoms. The normalized spacial score (nSPS) is 12.0. The summed E-state index contributed by atoms with van der Waals surface area (Å²) < 4.78 is 0. The van der Waals surface area contributed by atoms with Crippen LogP contribution in [-0.2, 0) is 6.42 Å². The average molecular weight is 174 g/mol. The summed E-state index contributed by atoms with van der Waals surface area (Å²) in [4.78, 5) is 0. The number of rotatable bonds is 4. The van der Waals surface area contributed by atoms with Crippen LogP contribution in [0.2, 0.25) is 0 Å². The molecule has 0 unspecified atom stereocenters. The first kappa shape index (κ1) is 9.83. The summed E-state index contributed by atoms with van der Waals surface area (Å²) in [5.74, 6) is 2.45. The Kier molecular flexibility index (Phi) is 4.08. The van der Waals surface area contributed by atoms with E-state index in [1.807, 2.05) is 18.2 Å². The molecule has 0 bridgehead atoms. The van der Waals surface area contributed by atoms with Gasteiger partial charge in [0.15, 0.2) is 0 Å². The van der Waals surface area contributed by atoms with Crippen molar-refractivity contribution in [2.75, 3.05) is 0 Å². The minimum atomic E-state index is -0.356. The Labute approximate surface area is 79.4 Å². The highest BCUT2D eigenvalue weighted by molar-refractivity contribution is 5.14. The van der Waals surface area contributed by atoms with Crippen LogP contribution in [0, 0.1) is 12.3 Å². The van der Waals surface area contributed by atoms with E-state index in [0.29, 0.717) is 6.42 Å². The molecule has 0 aliphatic rings. The minimum absolute atomic E-state index is 0.356. The number of terminal acetylenes is 1. The van der Waals surface area contributed by atoms with E-state index in [1.165, 1.54) is 5.56 Å². The summed E-state index contributed by atoms with van der Waals surface area (Å²) in [6.45, 7) is 0. The molecule has 1 aromatic carbocycles. The van der Waals surface area contributed by atoms with Gasteiger partial charge in [-0.05, 0) is 18.4 Å². The predicted molar refractivity (Wildman–Crippen MR) is 54.2 cm³/mol. The Bertz CT molecular complexity index is 271. The Morgan fingerprint density at radius 3 is 2.62 bits per heavy atom. The molecule has 0 aliphatic heterocycles. The van der Waals surface area contributed by atoms with Crippen LogP contribution in [0.3, 0.4) is 0 Å². The lowest BCUT2D eigenvalue weighted by molar-refractivity contribution is 0.170. The molecular weight excluding hydrogens is 160 g/mol. The molecule has 0 radical (unpaired) electrons. The SMILES string of the molecule is C#CC[C@H](O)CCc1ccccc1. The third-order valence-corrected chi connectivity index (χ3v) is 1.96. The summed E-state index contributed by atoms with van der Waals surface area (Å²) in [7, 11) is 0. The van der Waals surface area contributed by atoms with E-state index in [1.54, 1.807) is 0 Å². The van der Waals surface area contributed by atoms with Gasteiger partial charge in [0.05, 0.1) is 6.10 Å². The maximum absolute atomic E-state index is 9.37. The number of hydrogen-bond donors (Lipinski definition) is 1. The minimum Gasteiger partial charge on any atom is -0.392 e. The van der Waals surface area contributed by atoms with E-state index in [4.69, 9.17) is 6.42 Å². The van der Waals surface area contributed by atoms with Gasteiger partial charge >= 0.3 is 0 Å². The van der Waals surface area contributed by atoms with Gasteiger partial charge in [0.2, 0.25) is 0 Å². The van der Waals surface area contributed by atoms with Crippen molar-refractivity contribution in [2.45, 2.75) is 25.4 Å². The Hall–Kier alpha value is -1.26. The van der Waals surface area contributed by atoms with Gasteiger partial charge in [-0.1, -0.05) is 30.3 Å². The van der Waals surface area contributed by atoms with Gasteiger partial charge in [-0.25, -0.2) is 0 Å². The van der Waals surface area contributed by atoms with Crippen molar-refractivity contribution in [3.05, 3.63) is 35.9 Å². The summed E-state index contributed by atoms with van der Waals surface area (Å²) in [6.07, 6.45) is 6.82. The molecule has 0 heterocycles. The molecule has 0 aromatic heterocycles. The first-order chi connectivity index (χ1) is 6.33. The lowest BCUT2D eigenvalue weighted by atomic mass is 10.1. The van der Waals surface area contributed by atoms with Crippen LogP contribution in [0.1, 0.15) is 18.4 Å². The Morgan fingerprint density at radius 2 is 2.00 bits per heavy atom. The van der Waals surface area contributed by atoms with E-state index < -0.39 is 0 Å². The lowest BCUT2D eigenvalue weighted by Gasteiger charge is -2.06. The molecule has 0 aliphatic carbocycles. The van der Waals surface area contributed by atoms with Crippen molar-refractivity contribution in [1.29, 1.82) is 0 Å². The first-order valence-corrected chi connectivity index (χ1v) is 4.48. The maximum Gasteiger partial charge on any atom is 0.0652 e. The summed E-state index contributed by atoms with van der Waals surface area (Å²) >= 11 is 0. The van der Waals surface area contributed by atoms with E-state index in [9.17, 15) is 5.11 Å². The van der Waals surface area contributed by atoms with E-state index in [2.05, 4.69) is 18.1 Å². The largest absolute Gasteiger partial charge is 0.392 e. The Balaban J connectivity index is 2.32. The van der Waals surface area contributed by atoms with Gasteiger partial charge in [0.1, 0.15) is 0 Å². The van der Waals surface area contributed by atoms with Crippen LogP contribution in [0.5, 0.6) is 0 Å². The van der Waals surface area contributed by atoms with E-state index in [0.717, 1.165) is 12.8 Å². The molecule has 0 saturated heterocycles. The second-order valence-electron chi connectivity index (χ2n) is 3.09. The fourth-order valence-electron chi connectivity index (χ4n) is 1.22.